The third-order valence-electron chi connectivity index (χ3n) is 2.98. The topological polar surface area (TPSA) is 58.5 Å². The Labute approximate surface area is 108 Å². The van der Waals surface area contributed by atoms with E-state index in [1.807, 2.05) is 20.8 Å². The lowest BCUT2D eigenvalue weighted by molar-refractivity contribution is -0.0396. The van der Waals surface area contributed by atoms with Gasteiger partial charge >= 0.3 is 0 Å². The lowest BCUT2D eigenvalue weighted by Crippen LogP contribution is -2.29. The Morgan fingerprint density at radius 1 is 1.39 bits per heavy atom. The van der Waals surface area contributed by atoms with Crippen molar-refractivity contribution in [1.29, 1.82) is 0 Å². The van der Waals surface area contributed by atoms with Crippen LogP contribution in [0.25, 0.3) is 0 Å². The summed E-state index contributed by atoms with van der Waals surface area (Å²) in [6, 6.07) is 0. The van der Waals surface area contributed by atoms with Crippen LogP contribution in [0, 0.1) is 6.92 Å². The van der Waals surface area contributed by atoms with Crippen molar-refractivity contribution >= 4 is 0 Å². The zero-order chi connectivity index (χ0) is 13.1. The summed E-state index contributed by atoms with van der Waals surface area (Å²) in [4.78, 5) is 10.7. The smallest absolute Gasteiger partial charge is 0.0976 e. The van der Waals surface area contributed by atoms with Crippen molar-refractivity contribution in [3.8, 4) is 0 Å². The minimum absolute atomic E-state index is 0.0941. The van der Waals surface area contributed by atoms with Crippen LogP contribution in [0.1, 0.15) is 25.2 Å². The summed E-state index contributed by atoms with van der Waals surface area (Å²) in [5.74, 6) is 0. The number of hydrogen-bond acceptors (Lipinski definition) is 5. The van der Waals surface area contributed by atoms with Crippen molar-refractivity contribution in [2.45, 2.75) is 45.6 Å². The van der Waals surface area contributed by atoms with E-state index in [9.17, 15) is 5.11 Å². The van der Waals surface area contributed by atoms with Crippen molar-refractivity contribution in [3.05, 3.63) is 23.8 Å². The molecule has 0 radical (unpaired) electrons. The van der Waals surface area contributed by atoms with E-state index in [0.717, 1.165) is 17.9 Å². The quantitative estimate of drug-likeness (QED) is 0.856. The van der Waals surface area contributed by atoms with E-state index >= 15 is 0 Å². The molecule has 100 valence electrons. The van der Waals surface area contributed by atoms with E-state index < -0.39 is 6.10 Å². The fourth-order valence-corrected chi connectivity index (χ4v) is 2.18. The molecule has 2 atom stereocenters. The normalized spacial score (nSPS) is 24.9. The average molecular weight is 251 g/mol. The molecule has 1 aromatic rings. The highest BCUT2D eigenvalue weighted by molar-refractivity contribution is 5.01. The van der Waals surface area contributed by atoms with E-state index in [0.29, 0.717) is 13.1 Å². The first-order valence-electron chi connectivity index (χ1n) is 6.38. The highest BCUT2D eigenvalue weighted by Crippen LogP contribution is 2.17. The molecule has 0 amide bonds. The number of aromatic nitrogens is 2. The van der Waals surface area contributed by atoms with Crippen LogP contribution in [0.3, 0.4) is 0 Å². The zero-order valence-corrected chi connectivity index (χ0v) is 11.2. The van der Waals surface area contributed by atoms with Gasteiger partial charge in [0.25, 0.3) is 0 Å². The van der Waals surface area contributed by atoms with Gasteiger partial charge in [0.1, 0.15) is 0 Å². The Morgan fingerprint density at radius 3 is 2.78 bits per heavy atom. The van der Waals surface area contributed by atoms with E-state index in [1.54, 1.807) is 12.4 Å². The van der Waals surface area contributed by atoms with Gasteiger partial charge in [-0.25, -0.2) is 0 Å². The molecule has 1 N–H and O–H groups in total. The lowest BCUT2D eigenvalue weighted by atomic mass is 10.2. The number of hydrogen-bond donors (Lipinski definition) is 1. The van der Waals surface area contributed by atoms with E-state index in [1.165, 1.54) is 0 Å². The molecule has 1 aliphatic heterocycles. The van der Waals surface area contributed by atoms with Crippen LogP contribution >= 0.6 is 0 Å². The molecule has 0 aliphatic carbocycles. The summed E-state index contributed by atoms with van der Waals surface area (Å²) in [6.45, 7) is 7.98. The van der Waals surface area contributed by atoms with Gasteiger partial charge < -0.3 is 9.84 Å². The van der Waals surface area contributed by atoms with Crippen LogP contribution in [0.15, 0.2) is 12.4 Å². The average Bonchev–Trinajstić information content (AvgIpc) is 2.62. The second kappa shape index (κ2) is 5.73. The van der Waals surface area contributed by atoms with Crippen LogP contribution in [-0.2, 0) is 11.3 Å². The van der Waals surface area contributed by atoms with E-state index in [2.05, 4.69) is 14.9 Å². The number of nitrogens with zero attached hydrogens (tertiary/aromatic N) is 3. The lowest BCUT2D eigenvalue weighted by Gasteiger charge is -2.18. The van der Waals surface area contributed by atoms with Gasteiger partial charge in [0.05, 0.1) is 29.7 Å². The Kier molecular flexibility index (Phi) is 4.27. The first-order chi connectivity index (χ1) is 8.54. The first-order valence-corrected chi connectivity index (χ1v) is 6.38. The molecule has 0 spiro atoms. The summed E-state index contributed by atoms with van der Waals surface area (Å²) in [6.07, 6.45) is 3.19. The number of likely N-dealkylation sites (tertiary alicyclic amines) is 1. The second-order valence-corrected chi connectivity index (χ2v) is 5.13. The molecule has 5 nitrogen and oxygen atoms in total. The fraction of sp³-hybridized carbons (Fsp3) is 0.692. The fourth-order valence-electron chi connectivity index (χ4n) is 2.18. The van der Waals surface area contributed by atoms with Gasteiger partial charge in [-0.2, -0.15) is 0 Å². The number of ether oxygens (including phenoxy) is 1. The third kappa shape index (κ3) is 3.48. The molecule has 2 rings (SSSR count). The SMILES string of the molecule is Cc1cnc(CN2C[C@H](OC(C)C)[C@@H](O)C2)cn1. The molecule has 1 saturated heterocycles. The molecule has 5 heteroatoms. The standard InChI is InChI=1S/C13H21N3O2/c1-9(2)18-13-8-16(7-12(13)17)6-11-5-14-10(3)4-15-11/h4-5,9,12-13,17H,6-8H2,1-3H3/t12-,13-/m0/s1. The summed E-state index contributed by atoms with van der Waals surface area (Å²) >= 11 is 0. The monoisotopic (exact) mass is 251 g/mol. The predicted molar refractivity (Wildman–Crippen MR) is 68.1 cm³/mol. The van der Waals surface area contributed by atoms with Crippen molar-refractivity contribution < 1.29 is 9.84 Å². The molecule has 2 heterocycles. The van der Waals surface area contributed by atoms with Crippen molar-refractivity contribution in [1.82, 2.24) is 14.9 Å². The Bertz CT molecular complexity index is 380. The zero-order valence-electron chi connectivity index (χ0n) is 11.2. The van der Waals surface area contributed by atoms with E-state index in [4.69, 9.17) is 4.74 Å². The molecule has 0 unspecified atom stereocenters. The molecule has 0 bridgehead atoms. The van der Waals surface area contributed by atoms with Gasteiger partial charge in [0.15, 0.2) is 0 Å². The molecule has 0 aromatic carbocycles. The molecule has 18 heavy (non-hydrogen) atoms. The van der Waals surface area contributed by atoms with Crippen molar-refractivity contribution in [2.75, 3.05) is 13.1 Å². The van der Waals surface area contributed by atoms with Gasteiger partial charge in [0.2, 0.25) is 0 Å². The molecule has 1 fully saturated rings. The molecule has 1 aliphatic rings. The number of β-amino-alcohol motifs (C(OH)–C–C–N with tert-alkyl or cyclic N) is 1. The predicted octanol–water partition coefficient (Wildman–Crippen LogP) is 0.755. The maximum absolute atomic E-state index is 9.93. The maximum atomic E-state index is 9.93. The van der Waals surface area contributed by atoms with Gasteiger partial charge in [-0.05, 0) is 20.8 Å². The summed E-state index contributed by atoms with van der Waals surface area (Å²) in [7, 11) is 0. The van der Waals surface area contributed by atoms with Gasteiger partial charge in [-0.3, -0.25) is 14.9 Å². The summed E-state index contributed by atoms with van der Waals surface area (Å²) in [5.41, 5.74) is 1.85. The molecule has 1 aromatic heterocycles. The van der Waals surface area contributed by atoms with Crippen LogP contribution in [-0.4, -0.2) is 51.4 Å². The highest BCUT2D eigenvalue weighted by Gasteiger charge is 2.32. The van der Waals surface area contributed by atoms with Crippen molar-refractivity contribution in [3.63, 3.8) is 0 Å². The van der Waals surface area contributed by atoms with Crippen LogP contribution in [0.2, 0.25) is 0 Å². The number of rotatable bonds is 4. The van der Waals surface area contributed by atoms with Gasteiger partial charge in [-0.15, -0.1) is 0 Å². The first kappa shape index (κ1) is 13.4. The Hall–Kier alpha value is -1.04. The number of aliphatic hydroxyl groups excluding tert-OH is 1. The largest absolute Gasteiger partial charge is 0.389 e. The van der Waals surface area contributed by atoms with Crippen LogP contribution in [0.5, 0.6) is 0 Å². The number of aryl methyl sites for hydroxylation is 1. The minimum Gasteiger partial charge on any atom is -0.389 e. The highest BCUT2D eigenvalue weighted by atomic mass is 16.5. The second-order valence-electron chi connectivity index (χ2n) is 5.13. The molecule has 0 saturated carbocycles. The Balaban J connectivity index is 1.90. The maximum Gasteiger partial charge on any atom is 0.0976 e. The molecular formula is C13H21N3O2. The van der Waals surface area contributed by atoms with E-state index in [-0.39, 0.29) is 12.2 Å². The van der Waals surface area contributed by atoms with Crippen LogP contribution < -0.4 is 0 Å². The number of aliphatic hydroxyl groups is 1. The van der Waals surface area contributed by atoms with Crippen molar-refractivity contribution in [2.24, 2.45) is 0 Å². The Morgan fingerprint density at radius 2 is 2.17 bits per heavy atom. The van der Waals surface area contributed by atoms with Crippen LogP contribution in [0.4, 0.5) is 0 Å². The summed E-state index contributed by atoms with van der Waals surface area (Å²) < 4.78 is 5.68. The van der Waals surface area contributed by atoms with Gasteiger partial charge in [-0.1, -0.05) is 0 Å². The third-order valence-corrected chi connectivity index (χ3v) is 2.98. The molecular weight excluding hydrogens is 230 g/mol. The van der Waals surface area contributed by atoms with Gasteiger partial charge in [0, 0.05) is 32.0 Å². The minimum atomic E-state index is -0.411. The summed E-state index contributed by atoms with van der Waals surface area (Å²) in [5, 5.41) is 9.93.